The predicted molar refractivity (Wildman–Crippen MR) is 99.0 cm³/mol. The van der Waals surface area contributed by atoms with Gasteiger partial charge >= 0.3 is 0 Å². The predicted octanol–water partition coefficient (Wildman–Crippen LogP) is 1.86. The summed E-state index contributed by atoms with van der Waals surface area (Å²) in [6.45, 7) is 7.31. The summed E-state index contributed by atoms with van der Waals surface area (Å²) < 4.78 is 5.08. The van der Waals surface area contributed by atoms with Crippen LogP contribution in [0.25, 0.3) is 0 Å². The molecule has 1 saturated heterocycles. The van der Waals surface area contributed by atoms with Crippen LogP contribution in [0.15, 0.2) is 21.3 Å². The zero-order valence-electron chi connectivity index (χ0n) is 15.2. The van der Waals surface area contributed by atoms with E-state index < -0.39 is 0 Å². The van der Waals surface area contributed by atoms with Gasteiger partial charge in [-0.25, -0.2) is 0 Å². The van der Waals surface area contributed by atoms with E-state index in [1.807, 2.05) is 12.3 Å². The maximum absolute atomic E-state index is 12.6. The molecule has 0 radical (unpaired) electrons. The van der Waals surface area contributed by atoms with Gasteiger partial charge < -0.3 is 15.2 Å². The molecule has 2 unspecified atom stereocenters. The number of carbonyl (C=O) groups excluding carboxylic acids is 2. The Morgan fingerprint density at radius 1 is 1.42 bits per heavy atom. The van der Waals surface area contributed by atoms with Crippen LogP contribution in [-0.4, -0.2) is 47.0 Å². The minimum atomic E-state index is -0.246. The van der Waals surface area contributed by atoms with Crippen molar-refractivity contribution in [3.8, 4) is 0 Å². The van der Waals surface area contributed by atoms with Crippen LogP contribution in [0.1, 0.15) is 40.7 Å². The van der Waals surface area contributed by atoms with E-state index in [9.17, 15) is 9.59 Å². The van der Waals surface area contributed by atoms with Crippen molar-refractivity contribution in [1.82, 2.24) is 20.7 Å². The molecular formula is C18H24N4O3S. The Hall–Kier alpha value is -2.19. The molecular weight excluding hydrogens is 352 g/mol. The first-order valence-electron chi connectivity index (χ1n) is 8.76. The summed E-state index contributed by atoms with van der Waals surface area (Å²) in [6, 6.07) is 1.72. The first kappa shape index (κ1) is 18.6. The van der Waals surface area contributed by atoms with E-state index in [2.05, 4.69) is 32.1 Å². The van der Waals surface area contributed by atoms with Gasteiger partial charge in [-0.2, -0.15) is 11.3 Å². The van der Waals surface area contributed by atoms with Gasteiger partial charge in [-0.05, 0) is 49.6 Å². The molecule has 2 N–H and O–H groups in total. The van der Waals surface area contributed by atoms with Crippen molar-refractivity contribution >= 4 is 23.2 Å². The molecule has 2 aromatic heterocycles. The fourth-order valence-electron chi connectivity index (χ4n) is 3.43. The molecule has 2 atom stereocenters. The molecule has 0 spiro atoms. The van der Waals surface area contributed by atoms with Crippen molar-refractivity contribution in [1.29, 1.82) is 0 Å². The van der Waals surface area contributed by atoms with E-state index in [1.54, 1.807) is 25.2 Å². The summed E-state index contributed by atoms with van der Waals surface area (Å²) in [4.78, 5) is 27.2. The Balaban J connectivity index is 1.70. The lowest BCUT2D eigenvalue weighted by molar-refractivity contribution is -0.125. The molecule has 3 rings (SSSR count). The molecule has 2 amide bonds. The number of likely N-dealkylation sites (tertiary alicyclic amines) is 1. The fourth-order valence-corrected chi connectivity index (χ4v) is 4.09. The van der Waals surface area contributed by atoms with Gasteiger partial charge in [-0.1, -0.05) is 5.16 Å². The van der Waals surface area contributed by atoms with Crippen molar-refractivity contribution in [3.63, 3.8) is 0 Å². The van der Waals surface area contributed by atoms with Gasteiger partial charge in [0.1, 0.15) is 11.3 Å². The van der Waals surface area contributed by atoms with Gasteiger partial charge in [-0.3, -0.25) is 14.5 Å². The van der Waals surface area contributed by atoms with E-state index in [-0.39, 0.29) is 23.9 Å². The third-order valence-electron chi connectivity index (χ3n) is 4.62. The summed E-state index contributed by atoms with van der Waals surface area (Å²) >= 11 is 1.64. The van der Waals surface area contributed by atoms with E-state index in [1.165, 1.54) is 5.56 Å². The van der Waals surface area contributed by atoms with Crippen molar-refractivity contribution < 1.29 is 14.1 Å². The van der Waals surface area contributed by atoms with Gasteiger partial charge in [0.25, 0.3) is 5.91 Å². The average Bonchev–Trinajstić information content (AvgIpc) is 3.30. The molecule has 0 bridgehead atoms. The standard InChI is InChI=1S/C18H24N4O3S/c1-4-19-17(23)15-7-14(9-22(15)8-13-5-6-26-10-13)20-18(24)16-11(2)21-25-12(16)3/h5-6,10,14-15H,4,7-9H2,1-3H3,(H,19,23)(H,20,24). The van der Waals surface area contributed by atoms with E-state index in [0.29, 0.717) is 43.1 Å². The Morgan fingerprint density at radius 3 is 2.85 bits per heavy atom. The van der Waals surface area contributed by atoms with Crippen molar-refractivity contribution in [2.24, 2.45) is 0 Å². The molecule has 0 saturated carbocycles. The van der Waals surface area contributed by atoms with Gasteiger partial charge in [0, 0.05) is 25.7 Å². The Bertz CT molecular complexity index is 752. The molecule has 0 aliphatic carbocycles. The first-order valence-corrected chi connectivity index (χ1v) is 9.70. The van der Waals surface area contributed by atoms with Gasteiger partial charge in [0.05, 0.1) is 11.7 Å². The van der Waals surface area contributed by atoms with Crippen molar-refractivity contribution in [2.45, 2.75) is 45.8 Å². The molecule has 8 heteroatoms. The third kappa shape index (κ3) is 3.96. The lowest BCUT2D eigenvalue weighted by Crippen LogP contribution is -2.42. The van der Waals surface area contributed by atoms with Crippen LogP contribution in [-0.2, 0) is 11.3 Å². The third-order valence-corrected chi connectivity index (χ3v) is 5.35. The van der Waals surface area contributed by atoms with Crippen LogP contribution >= 0.6 is 11.3 Å². The summed E-state index contributed by atoms with van der Waals surface area (Å²) in [5.41, 5.74) is 2.24. The van der Waals surface area contributed by atoms with E-state index >= 15 is 0 Å². The number of aryl methyl sites for hydroxylation is 2. The first-order chi connectivity index (χ1) is 12.5. The zero-order chi connectivity index (χ0) is 18.7. The number of hydrogen-bond donors (Lipinski definition) is 2. The van der Waals surface area contributed by atoms with Gasteiger partial charge in [0.15, 0.2) is 0 Å². The van der Waals surface area contributed by atoms with E-state index in [0.717, 1.165) is 0 Å². The largest absolute Gasteiger partial charge is 0.361 e. The van der Waals surface area contributed by atoms with Gasteiger partial charge in [-0.15, -0.1) is 0 Å². The van der Waals surface area contributed by atoms with Crippen LogP contribution in [0.3, 0.4) is 0 Å². The van der Waals surface area contributed by atoms with Crippen LogP contribution < -0.4 is 10.6 Å². The Morgan fingerprint density at radius 2 is 2.23 bits per heavy atom. The topological polar surface area (TPSA) is 87.5 Å². The second-order valence-electron chi connectivity index (χ2n) is 6.58. The number of thiophene rings is 1. The van der Waals surface area contributed by atoms with Crippen molar-refractivity contribution in [2.75, 3.05) is 13.1 Å². The summed E-state index contributed by atoms with van der Waals surface area (Å²) in [7, 11) is 0. The highest BCUT2D eigenvalue weighted by Crippen LogP contribution is 2.23. The number of nitrogens with one attached hydrogen (secondary N) is 2. The summed E-state index contributed by atoms with van der Waals surface area (Å²) in [6.07, 6.45) is 0.588. The summed E-state index contributed by atoms with van der Waals surface area (Å²) in [5.74, 6) is 0.323. The smallest absolute Gasteiger partial charge is 0.257 e. The second-order valence-corrected chi connectivity index (χ2v) is 7.36. The minimum Gasteiger partial charge on any atom is -0.361 e. The molecule has 3 heterocycles. The quantitative estimate of drug-likeness (QED) is 0.804. The molecule has 1 fully saturated rings. The summed E-state index contributed by atoms with van der Waals surface area (Å²) in [5, 5.41) is 13.9. The SMILES string of the molecule is CCNC(=O)C1CC(NC(=O)c2c(C)noc2C)CN1Cc1ccsc1. The molecule has 1 aliphatic heterocycles. The number of likely N-dealkylation sites (N-methyl/N-ethyl adjacent to an activating group) is 1. The maximum atomic E-state index is 12.6. The average molecular weight is 376 g/mol. The molecule has 2 aromatic rings. The normalized spacial score (nSPS) is 20.3. The van der Waals surface area contributed by atoms with Crippen LogP contribution in [0.5, 0.6) is 0 Å². The highest BCUT2D eigenvalue weighted by atomic mass is 32.1. The number of hydrogen-bond acceptors (Lipinski definition) is 6. The number of nitrogens with zero attached hydrogens (tertiary/aromatic N) is 2. The fraction of sp³-hybridized carbons (Fsp3) is 0.500. The van der Waals surface area contributed by atoms with Gasteiger partial charge in [0.2, 0.25) is 5.91 Å². The second kappa shape index (κ2) is 8.01. The molecule has 26 heavy (non-hydrogen) atoms. The lowest BCUT2D eigenvalue weighted by Gasteiger charge is -2.22. The van der Waals surface area contributed by atoms with Crippen LogP contribution in [0, 0.1) is 13.8 Å². The molecule has 140 valence electrons. The number of amides is 2. The molecule has 7 nitrogen and oxygen atoms in total. The zero-order valence-corrected chi connectivity index (χ0v) is 16.1. The number of rotatable bonds is 6. The Labute approximate surface area is 156 Å². The van der Waals surface area contributed by atoms with E-state index in [4.69, 9.17) is 4.52 Å². The molecule has 1 aliphatic rings. The maximum Gasteiger partial charge on any atom is 0.257 e. The minimum absolute atomic E-state index is 0.0109. The lowest BCUT2D eigenvalue weighted by atomic mass is 10.1. The highest BCUT2D eigenvalue weighted by molar-refractivity contribution is 7.07. The van der Waals surface area contributed by atoms with Crippen LogP contribution in [0.2, 0.25) is 0 Å². The number of aromatic nitrogens is 1. The number of carbonyl (C=O) groups is 2. The molecule has 0 aromatic carbocycles. The Kier molecular flexibility index (Phi) is 5.73. The van der Waals surface area contributed by atoms with Crippen molar-refractivity contribution in [3.05, 3.63) is 39.4 Å². The monoisotopic (exact) mass is 376 g/mol. The highest BCUT2D eigenvalue weighted by Gasteiger charge is 2.37. The van der Waals surface area contributed by atoms with Crippen LogP contribution in [0.4, 0.5) is 0 Å².